The Labute approximate surface area is 171 Å². The third kappa shape index (κ3) is 5.21. The number of aromatic nitrogens is 5. The van der Waals surface area contributed by atoms with E-state index in [0.717, 1.165) is 16.9 Å². The summed E-state index contributed by atoms with van der Waals surface area (Å²) in [7, 11) is 4.57. The SMILES string of the molecule is COCc1cc(/C=N\n2cnnc2SCn2ccc(C(=O)OC)n2)ccc1OC. The first-order chi connectivity index (χ1) is 14.1. The Kier molecular flexibility index (Phi) is 6.98. The summed E-state index contributed by atoms with van der Waals surface area (Å²) in [6, 6.07) is 7.31. The summed E-state index contributed by atoms with van der Waals surface area (Å²) in [5, 5.41) is 17.1. The van der Waals surface area contributed by atoms with E-state index in [-0.39, 0.29) is 5.69 Å². The van der Waals surface area contributed by atoms with Crippen molar-refractivity contribution >= 4 is 23.9 Å². The lowest BCUT2D eigenvalue weighted by Crippen LogP contribution is -2.04. The second-order valence-corrected chi connectivity index (χ2v) is 6.62. The van der Waals surface area contributed by atoms with Gasteiger partial charge < -0.3 is 14.2 Å². The van der Waals surface area contributed by atoms with Crippen molar-refractivity contribution in [1.29, 1.82) is 0 Å². The lowest BCUT2D eigenvalue weighted by Gasteiger charge is -2.08. The molecular weight excluding hydrogens is 396 g/mol. The Morgan fingerprint density at radius 3 is 2.90 bits per heavy atom. The van der Waals surface area contributed by atoms with Crippen LogP contribution >= 0.6 is 11.8 Å². The fourth-order valence-electron chi connectivity index (χ4n) is 2.44. The maximum atomic E-state index is 11.5. The largest absolute Gasteiger partial charge is 0.496 e. The van der Waals surface area contributed by atoms with Gasteiger partial charge in [0.15, 0.2) is 5.69 Å². The summed E-state index contributed by atoms with van der Waals surface area (Å²) < 4.78 is 18.4. The van der Waals surface area contributed by atoms with E-state index in [0.29, 0.717) is 17.6 Å². The van der Waals surface area contributed by atoms with Crippen molar-refractivity contribution in [3.63, 3.8) is 0 Å². The molecule has 0 aliphatic rings. The molecule has 0 atom stereocenters. The standard InChI is InChI=1S/C18H20N6O4S/c1-26-10-14-8-13(4-5-16(14)27-2)9-20-24-11-19-21-18(24)29-12-23-7-6-15(22-23)17(25)28-3/h4-9,11H,10,12H2,1-3H3/b20-9-. The molecule has 0 N–H and O–H groups in total. The fraction of sp³-hybridized carbons (Fsp3) is 0.278. The van der Waals surface area contributed by atoms with Gasteiger partial charge >= 0.3 is 5.97 Å². The van der Waals surface area contributed by atoms with E-state index in [2.05, 4.69) is 25.1 Å². The van der Waals surface area contributed by atoms with E-state index >= 15 is 0 Å². The van der Waals surface area contributed by atoms with Crippen molar-refractivity contribution in [1.82, 2.24) is 24.7 Å². The number of hydrogen-bond acceptors (Lipinski definition) is 9. The van der Waals surface area contributed by atoms with Crippen LogP contribution < -0.4 is 4.74 Å². The molecule has 29 heavy (non-hydrogen) atoms. The number of esters is 1. The van der Waals surface area contributed by atoms with E-state index in [9.17, 15) is 4.79 Å². The molecule has 2 aromatic heterocycles. The number of carbonyl (C=O) groups excluding carboxylic acids is 1. The van der Waals surface area contributed by atoms with Crippen LogP contribution in [0.4, 0.5) is 0 Å². The van der Waals surface area contributed by atoms with Crippen molar-refractivity contribution in [3.05, 3.63) is 53.6 Å². The normalized spacial score (nSPS) is 11.1. The fourth-order valence-corrected chi connectivity index (χ4v) is 3.16. The molecule has 152 valence electrons. The van der Waals surface area contributed by atoms with Gasteiger partial charge in [-0.2, -0.15) is 14.9 Å². The van der Waals surface area contributed by atoms with E-state index in [1.54, 1.807) is 42.1 Å². The van der Waals surface area contributed by atoms with Crippen LogP contribution in [0.15, 0.2) is 47.0 Å². The van der Waals surface area contributed by atoms with Gasteiger partial charge in [0, 0.05) is 18.9 Å². The maximum absolute atomic E-state index is 11.5. The second-order valence-electron chi connectivity index (χ2n) is 5.71. The minimum Gasteiger partial charge on any atom is -0.496 e. The van der Waals surface area contributed by atoms with E-state index in [1.165, 1.54) is 25.2 Å². The van der Waals surface area contributed by atoms with Crippen LogP contribution in [0.1, 0.15) is 21.6 Å². The number of carbonyl (C=O) groups is 1. The third-order valence-electron chi connectivity index (χ3n) is 3.80. The van der Waals surface area contributed by atoms with E-state index in [4.69, 9.17) is 9.47 Å². The molecular formula is C18H20N6O4S. The van der Waals surface area contributed by atoms with Crippen LogP contribution in [0.5, 0.6) is 5.75 Å². The topological polar surface area (TPSA) is 106 Å². The van der Waals surface area contributed by atoms with E-state index < -0.39 is 5.97 Å². The zero-order chi connectivity index (χ0) is 20.6. The van der Waals surface area contributed by atoms with Crippen LogP contribution in [-0.2, 0) is 22.0 Å². The molecule has 0 aliphatic heterocycles. The summed E-state index contributed by atoms with van der Waals surface area (Å²) in [4.78, 5) is 11.5. The summed E-state index contributed by atoms with van der Waals surface area (Å²) >= 11 is 1.38. The summed E-state index contributed by atoms with van der Waals surface area (Å²) in [6.45, 7) is 0.440. The molecule has 0 amide bonds. The molecule has 3 aromatic rings. The molecule has 0 saturated heterocycles. The molecule has 0 saturated carbocycles. The van der Waals surface area contributed by atoms with Crippen LogP contribution in [0.25, 0.3) is 0 Å². The van der Waals surface area contributed by atoms with Crippen molar-refractivity contribution < 1.29 is 19.0 Å². The lowest BCUT2D eigenvalue weighted by atomic mass is 10.1. The van der Waals surface area contributed by atoms with Crippen LogP contribution in [0, 0.1) is 0 Å². The number of hydrogen-bond donors (Lipinski definition) is 0. The van der Waals surface area contributed by atoms with E-state index in [1.807, 2.05) is 18.2 Å². The highest BCUT2D eigenvalue weighted by atomic mass is 32.2. The van der Waals surface area contributed by atoms with Crippen LogP contribution in [0.2, 0.25) is 0 Å². The van der Waals surface area contributed by atoms with Gasteiger partial charge in [0.25, 0.3) is 0 Å². The molecule has 3 rings (SSSR count). The number of nitrogens with zero attached hydrogens (tertiary/aromatic N) is 6. The molecule has 2 heterocycles. The average molecular weight is 416 g/mol. The molecule has 0 spiro atoms. The molecule has 0 fully saturated rings. The molecule has 11 heteroatoms. The maximum Gasteiger partial charge on any atom is 0.358 e. The van der Waals surface area contributed by atoms with Gasteiger partial charge in [0.1, 0.15) is 12.1 Å². The zero-order valence-corrected chi connectivity index (χ0v) is 17.0. The minimum atomic E-state index is -0.478. The van der Waals surface area contributed by atoms with Crippen molar-refractivity contribution in [2.24, 2.45) is 5.10 Å². The van der Waals surface area contributed by atoms with Gasteiger partial charge in [-0.15, -0.1) is 10.2 Å². The Balaban J connectivity index is 1.68. The van der Waals surface area contributed by atoms with Gasteiger partial charge in [-0.3, -0.25) is 4.68 Å². The number of thioether (sulfide) groups is 1. The highest BCUT2D eigenvalue weighted by Crippen LogP contribution is 2.20. The van der Waals surface area contributed by atoms with Crippen molar-refractivity contribution in [2.45, 2.75) is 17.6 Å². The quantitative estimate of drug-likeness (QED) is 0.296. The Bertz CT molecular complexity index is 1000. The molecule has 0 unspecified atom stereocenters. The monoisotopic (exact) mass is 416 g/mol. The average Bonchev–Trinajstić information content (AvgIpc) is 3.40. The lowest BCUT2D eigenvalue weighted by molar-refractivity contribution is 0.0593. The Morgan fingerprint density at radius 2 is 2.14 bits per heavy atom. The van der Waals surface area contributed by atoms with Crippen LogP contribution in [0.3, 0.4) is 0 Å². The van der Waals surface area contributed by atoms with Gasteiger partial charge in [0.2, 0.25) is 5.16 Å². The second kappa shape index (κ2) is 9.85. The minimum absolute atomic E-state index is 0.249. The van der Waals surface area contributed by atoms with Crippen LogP contribution in [-0.4, -0.2) is 58.2 Å². The molecule has 0 radical (unpaired) electrons. The molecule has 1 aromatic carbocycles. The predicted molar refractivity (Wildman–Crippen MR) is 106 cm³/mol. The van der Waals surface area contributed by atoms with Gasteiger partial charge in [-0.05, 0) is 29.8 Å². The molecule has 0 bridgehead atoms. The number of rotatable bonds is 9. The number of methoxy groups -OCH3 is 3. The highest BCUT2D eigenvalue weighted by Gasteiger charge is 2.10. The van der Waals surface area contributed by atoms with Gasteiger partial charge in [-0.25, -0.2) is 4.79 Å². The van der Waals surface area contributed by atoms with Gasteiger partial charge in [-0.1, -0.05) is 11.8 Å². The molecule has 0 aliphatic carbocycles. The third-order valence-corrected chi connectivity index (χ3v) is 4.72. The summed E-state index contributed by atoms with van der Waals surface area (Å²) in [5.41, 5.74) is 2.06. The summed E-state index contributed by atoms with van der Waals surface area (Å²) in [6.07, 6.45) is 4.91. The first-order valence-electron chi connectivity index (χ1n) is 8.49. The number of benzene rings is 1. The Hall–Kier alpha value is -3.18. The smallest absolute Gasteiger partial charge is 0.358 e. The highest BCUT2D eigenvalue weighted by molar-refractivity contribution is 7.98. The van der Waals surface area contributed by atoms with Crippen molar-refractivity contribution in [2.75, 3.05) is 21.3 Å². The summed E-state index contributed by atoms with van der Waals surface area (Å²) in [5.74, 6) is 0.718. The predicted octanol–water partition coefficient (Wildman–Crippen LogP) is 2.05. The number of ether oxygens (including phenoxy) is 3. The Morgan fingerprint density at radius 1 is 1.28 bits per heavy atom. The molecule has 10 nitrogen and oxygen atoms in total. The van der Waals surface area contributed by atoms with Gasteiger partial charge in [0.05, 0.1) is 32.9 Å². The first kappa shape index (κ1) is 20.6. The first-order valence-corrected chi connectivity index (χ1v) is 9.48. The zero-order valence-electron chi connectivity index (χ0n) is 16.2. The van der Waals surface area contributed by atoms with Crippen molar-refractivity contribution in [3.8, 4) is 5.75 Å².